The third kappa shape index (κ3) is 8.09. The molecule has 0 bridgehead atoms. The van der Waals surface area contributed by atoms with Gasteiger partial charge in [0, 0.05) is 36.8 Å². The summed E-state index contributed by atoms with van der Waals surface area (Å²) in [7, 11) is -5.88. The Morgan fingerprint density at radius 1 is 0.978 bits per heavy atom. The Morgan fingerprint density at radius 2 is 1.67 bits per heavy atom. The van der Waals surface area contributed by atoms with Crippen molar-refractivity contribution >= 4 is 27.7 Å². The molecule has 45 heavy (non-hydrogen) atoms. The highest BCUT2D eigenvalue weighted by atomic mass is 35.5. The first-order valence-corrected chi connectivity index (χ1v) is 15.9. The van der Waals surface area contributed by atoms with Crippen LogP contribution in [0.3, 0.4) is 0 Å². The fourth-order valence-electron chi connectivity index (χ4n) is 5.34. The average Bonchev–Trinajstić information content (AvgIpc) is 2.98. The van der Waals surface area contributed by atoms with Gasteiger partial charge in [0.1, 0.15) is 17.3 Å². The van der Waals surface area contributed by atoms with Gasteiger partial charge in [-0.3, -0.25) is 0 Å². The number of carboxylic acid groups (broad SMARTS) is 1. The topological polar surface area (TPSA) is 93.1 Å². The Morgan fingerprint density at radius 3 is 2.36 bits per heavy atom. The van der Waals surface area contributed by atoms with Crippen molar-refractivity contribution in [3.05, 3.63) is 119 Å². The smallest absolute Gasteiger partial charge is 0.478 e. The molecule has 1 aliphatic carbocycles. The first-order valence-electron chi connectivity index (χ1n) is 14.1. The van der Waals surface area contributed by atoms with Gasteiger partial charge in [-0.05, 0) is 77.8 Å². The maximum atomic E-state index is 12.7. The Balaban J connectivity index is 1.23. The van der Waals surface area contributed by atoms with Crippen LogP contribution in [-0.4, -0.2) is 43.0 Å². The number of carboxylic acids is 1. The fraction of sp³-hybridized carbons (Fsp3) is 0.242. The summed E-state index contributed by atoms with van der Waals surface area (Å²) in [5.41, 5.74) is -1.34. The zero-order chi connectivity index (χ0) is 32.2. The van der Waals surface area contributed by atoms with Crippen molar-refractivity contribution in [1.29, 1.82) is 0 Å². The van der Waals surface area contributed by atoms with Crippen LogP contribution in [0.1, 0.15) is 24.8 Å². The minimum Gasteiger partial charge on any atom is -0.478 e. The first-order chi connectivity index (χ1) is 21.4. The van der Waals surface area contributed by atoms with Crippen LogP contribution in [0.15, 0.2) is 108 Å². The lowest BCUT2D eigenvalue weighted by molar-refractivity contribution is -0.132. The quantitative estimate of drug-likeness (QED) is 0.185. The zero-order valence-electron chi connectivity index (χ0n) is 23.8. The van der Waals surface area contributed by atoms with Gasteiger partial charge in [-0.15, -0.1) is 0 Å². The average molecular weight is 660 g/mol. The summed E-state index contributed by atoms with van der Waals surface area (Å²) in [4.78, 5) is 14.1. The van der Waals surface area contributed by atoms with Crippen molar-refractivity contribution in [3.63, 3.8) is 0 Å². The van der Waals surface area contributed by atoms with Gasteiger partial charge in [0.05, 0.1) is 5.57 Å². The number of hydrogen-bond donors (Lipinski definition) is 1. The molecule has 7 nitrogen and oxygen atoms in total. The standard InChI is InChI=1S/C33H29ClF3NO6S/c34-26-11-9-24(10-12-26)29-7-2-1-4-25(29)18-22-14-16-38(17-15-22)21-23-8-13-30(32(39)40)31(19-23)43-27-5-3-6-28(20-27)44-45(41,42)33(35,36)37/h1-13,20-22H,14-19H2,(H,39,40). The minimum atomic E-state index is -5.88. The first kappa shape index (κ1) is 32.2. The molecule has 1 aliphatic heterocycles. The van der Waals surface area contributed by atoms with Crippen LogP contribution in [0.2, 0.25) is 5.02 Å². The predicted molar refractivity (Wildman–Crippen MR) is 164 cm³/mol. The molecule has 0 unspecified atom stereocenters. The molecule has 0 saturated carbocycles. The number of alkyl halides is 3. The number of benzene rings is 3. The second-order valence-corrected chi connectivity index (χ2v) is 12.7. The van der Waals surface area contributed by atoms with E-state index < -0.39 is 27.3 Å². The van der Waals surface area contributed by atoms with Crippen molar-refractivity contribution in [2.24, 2.45) is 5.92 Å². The monoisotopic (exact) mass is 659 g/mol. The fourth-order valence-corrected chi connectivity index (χ4v) is 5.92. The molecule has 3 aromatic carbocycles. The molecular formula is C33H29ClF3NO6S. The third-order valence-corrected chi connectivity index (χ3v) is 8.81. The molecule has 0 spiro atoms. The summed E-state index contributed by atoms with van der Waals surface area (Å²) in [6.07, 6.45) is 8.05. The Hall–Kier alpha value is -4.22. The van der Waals surface area contributed by atoms with E-state index in [0.717, 1.165) is 55.6 Å². The van der Waals surface area contributed by atoms with E-state index in [1.165, 1.54) is 29.3 Å². The third-order valence-electron chi connectivity index (χ3n) is 7.57. The molecule has 2 aliphatic rings. The number of nitrogens with zero attached hydrogens (tertiary/aromatic N) is 1. The van der Waals surface area contributed by atoms with Gasteiger partial charge < -0.3 is 18.9 Å². The molecule has 0 aromatic heterocycles. The van der Waals surface area contributed by atoms with Crippen molar-refractivity contribution in [1.82, 2.24) is 4.90 Å². The highest BCUT2D eigenvalue weighted by Crippen LogP contribution is 2.33. The molecule has 1 heterocycles. The van der Waals surface area contributed by atoms with E-state index in [1.807, 2.05) is 36.5 Å². The SMILES string of the molecule is O=C(O)C1=C(Oc2cccc(OS(=O)(=O)C(F)(F)F)c2)CC(=CN2CCC(Cc3ccccc3-c3ccc(Cl)cc3)CC2)C=C1. The number of piperidine rings is 1. The van der Waals surface area contributed by atoms with Crippen LogP contribution in [0.4, 0.5) is 13.2 Å². The molecule has 0 amide bonds. The lowest BCUT2D eigenvalue weighted by atomic mass is 9.87. The molecule has 3 aromatic rings. The van der Waals surface area contributed by atoms with Crippen LogP contribution in [-0.2, 0) is 21.3 Å². The Kier molecular flexibility index (Phi) is 9.59. The maximum absolute atomic E-state index is 12.7. The second kappa shape index (κ2) is 13.4. The van der Waals surface area contributed by atoms with Crippen LogP contribution in [0, 0.1) is 5.92 Å². The zero-order valence-corrected chi connectivity index (χ0v) is 25.4. The number of allylic oxidation sites excluding steroid dienone is 2. The molecule has 12 heteroatoms. The summed E-state index contributed by atoms with van der Waals surface area (Å²) < 4.78 is 70.9. The van der Waals surface area contributed by atoms with Crippen LogP contribution >= 0.6 is 11.6 Å². The minimum absolute atomic E-state index is 0.0563. The molecule has 5 rings (SSSR count). The molecule has 0 atom stereocenters. The van der Waals surface area contributed by atoms with Crippen molar-refractivity contribution in [3.8, 4) is 22.6 Å². The van der Waals surface area contributed by atoms with E-state index in [2.05, 4.69) is 27.3 Å². The number of hydrogen-bond acceptors (Lipinski definition) is 6. The summed E-state index contributed by atoms with van der Waals surface area (Å²) in [5, 5.41) is 10.4. The summed E-state index contributed by atoms with van der Waals surface area (Å²) >= 11 is 6.08. The van der Waals surface area contributed by atoms with Gasteiger partial charge in [0.15, 0.2) is 0 Å². The largest absolute Gasteiger partial charge is 0.534 e. The molecule has 0 radical (unpaired) electrons. The summed E-state index contributed by atoms with van der Waals surface area (Å²) in [6, 6.07) is 20.8. The normalized spacial score (nSPS) is 17.1. The lowest BCUT2D eigenvalue weighted by Gasteiger charge is -2.32. The van der Waals surface area contributed by atoms with Gasteiger partial charge in [0.25, 0.3) is 0 Å². The maximum Gasteiger partial charge on any atom is 0.534 e. The van der Waals surface area contributed by atoms with Crippen LogP contribution in [0.25, 0.3) is 11.1 Å². The van der Waals surface area contributed by atoms with Crippen molar-refractivity contribution in [2.45, 2.75) is 31.2 Å². The van der Waals surface area contributed by atoms with Crippen LogP contribution in [0.5, 0.6) is 11.5 Å². The number of aliphatic carboxylic acids is 1. The molecule has 236 valence electrons. The summed E-state index contributed by atoms with van der Waals surface area (Å²) in [5.74, 6) is -1.40. The predicted octanol–water partition coefficient (Wildman–Crippen LogP) is 7.75. The molecule has 1 N–H and O–H groups in total. The number of halogens is 4. The summed E-state index contributed by atoms with van der Waals surface area (Å²) in [6.45, 7) is 1.62. The van der Waals surface area contributed by atoms with Gasteiger partial charge in [-0.2, -0.15) is 21.6 Å². The number of rotatable bonds is 9. The van der Waals surface area contributed by atoms with Gasteiger partial charge in [-0.1, -0.05) is 60.1 Å². The van der Waals surface area contributed by atoms with E-state index in [4.69, 9.17) is 16.3 Å². The van der Waals surface area contributed by atoms with Crippen molar-refractivity contribution < 1.29 is 40.4 Å². The molecule has 1 saturated heterocycles. The van der Waals surface area contributed by atoms with E-state index in [0.29, 0.717) is 10.9 Å². The van der Waals surface area contributed by atoms with Gasteiger partial charge in [0.2, 0.25) is 0 Å². The van der Waals surface area contributed by atoms with Crippen molar-refractivity contribution in [2.75, 3.05) is 13.1 Å². The van der Waals surface area contributed by atoms with E-state index in [9.17, 15) is 31.5 Å². The van der Waals surface area contributed by atoms with Crippen LogP contribution < -0.4 is 8.92 Å². The molecule has 1 fully saturated rings. The highest BCUT2D eigenvalue weighted by Gasteiger charge is 2.48. The lowest BCUT2D eigenvalue weighted by Crippen LogP contribution is -2.31. The van der Waals surface area contributed by atoms with E-state index in [-0.39, 0.29) is 23.5 Å². The number of ether oxygens (including phenoxy) is 1. The molecular weight excluding hydrogens is 631 g/mol. The van der Waals surface area contributed by atoms with E-state index >= 15 is 0 Å². The Labute approximate surface area is 264 Å². The van der Waals surface area contributed by atoms with E-state index in [1.54, 1.807) is 6.08 Å². The second-order valence-electron chi connectivity index (χ2n) is 10.8. The van der Waals surface area contributed by atoms with Gasteiger partial charge in [-0.25, -0.2) is 4.79 Å². The Bertz CT molecular complexity index is 1760. The number of carbonyl (C=O) groups is 1. The number of likely N-dealkylation sites (tertiary alicyclic amines) is 1. The van der Waals surface area contributed by atoms with Gasteiger partial charge >= 0.3 is 21.6 Å². The highest BCUT2D eigenvalue weighted by molar-refractivity contribution is 7.88.